The molecule has 1 aliphatic heterocycles. The highest BCUT2D eigenvalue weighted by Crippen LogP contribution is 2.10. The summed E-state index contributed by atoms with van der Waals surface area (Å²) in [6.07, 6.45) is 1.49. The molecule has 7 heteroatoms. The molecule has 1 fully saturated rings. The normalized spacial score (nSPS) is 15.4. The maximum Gasteiger partial charge on any atom is 0.254 e. The van der Waals surface area contributed by atoms with E-state index in [1.54, 1.807) is 15.9 Å². The van der Waals surface area contributed by atoms with Gasteiger partial charge < -0.3 is 20.6 Å². The Labute approximate surface area is 110 Å². The summed E-state index contributed by atoms with van der Waals surface area (Å²) in [6.45, 7) is 1.28. The Hall–Kier alpha value is -2.15. The molecule has 0 atom stereocenters. The van der Waals surface area contributed by atoms with E-state index >= 15 is 0 Å². The van der Waals surface area contributed by atoms with E-state index in [0.717, 1.165) is 0 Å². The fourth-order valence-corrected chi connectivity index (χ4v) is 2.02. The van der Waals surface area contributed by atoms with Gasteiger partial charge in [0.2, 0.25) is 5.91 Å². The zero-order valence-corrected chi connectivity index (χ0v) is 10.5. The fourth-order valence-electron chi connectivity index (χ4n) is 2.02. The molecule has 19 heavy (non-hydrogen) atoms. The van der Waals surface area contributed by atoms with Crippen LogP contribution in [-0.4, -0.2) is 64.5 Å². The minimum Gasteiger partial charge on any atom is -0.387 e. The molecule has 2 amide bonds. The number of amides is 2. The third-order valence-electron chi connectivity index (χ3n) is 3.08. The number of carbonyl (C=O) groups excluding carboxylic acids is 2. The number of rotatable bonds is 2. The van der Waals surface area contributed by atoms with Crippen LogP contribution in [0.2, 0.25) is 0 Å². The van der Waals surface area contributed by atoms with Crippen LogP contribution in [0.1, 0.15) is 10.4 Å². The SMILES string of the molecule is Nc1cc(C(=O)N2CCN(C(=O)CO)CC2)ccn1. The van der Waals surface area contributed by atoms with E-state index in [1.807, 2.05) is 0 Å². The second kappa shape index (κ2) is 5.66. The Kier molecular flexibility index (Phi) is 3.96. The first-order chi connectivity index (χ1) is 9.11. The van der Waals surface area contributed by atoms with Crippen molar-refractivity contribution in [3.63, 3.8) is 0 Å². The zero-order chi connectivity index (χ0) is 13.8. The van der Waals surface area contributed by atoms with Gasteiger partial charge in [-0.05, 0) is 12.1 Å². The van der Waals surface area contributed by atoms with Crippen LogP contribution in [0.5, 0.6) is 0 Å². The van der Waals surface area contributed by atoms with Crippen LogP contribution in [0.15, 0.2) is 18.3 Å². The molecule has 1 aromatic heterocycles. The molecular weight excluding hydrogens is 248 g/mol. The van der Waals surface area contributed by atoms with E-state index in [9.17, 15) is 9.59 Å². The van der Waals surface area contributed by atoms with Crippen molar-refractivity contribution in [2.24, 2.45) is 0 Å². The number of aliphatic hydroxyl groups is 1. The molecule has 1 saturated heterocycles. The van der Waals surface area contributed by atoms with Crippen LogP contribution >= 0.6 is 0 Å². The summed E-state index contributed by atoms with van der Waals surface area (Å²) >= 11 is 0. The fraction of sp³-hybridized carbons (Fsp3) is 0.417. The number of anilines is 1. The first kappa shape index (κ1) is 13.3. The molecule has 0 saturated carbocycles. The minimum atomic E-state index is -0.491. The standard InChI is InChI=1S/C12H16N4O3/c13-10-7-9(1-2-14-10)12(19)16-5-3-15(4-6-16)11(18)8-17/h1-2,7,17H,3-6,8H2,(H2,13,14). The second-order valence-electron chi connectivity index (χ2n) is 4.30. The van der Waals surface area contributed by atoms with Crippen LogP contribution in [0, 0.1) is 0 Å². The maximum absolute atomic E-state index is 12.2. The van der Waals surface area contributed by atoms with Gasteiger partial charge >= 0.3 is 0 Å². The summed E-state index contributed by atoms with van der Waals surface area (Å²) in [4.78, 5) is 30.5. The molecule has 102 valence electrons. The molecule has 0 bridgehead atoms. The Morgan fingerprint density at radius 2 is 1.89 bits per heavy atom. The predicted octanol–water partition coefficient (Wildman–Crippen LogP) is -1.06. The summed E-state index contributed by atoms with van der Waals surface area (Å²) < 4.78 is 0. The number of piperazine rings is 1. The second-order valence-corrected chi connectivity index (χ2v) is 4.30. The molecule has 0 spiro atoms. The topological polar surface area (TPSA) is 99.8 Å². The van der Waals surface area contributed by atoms with Gasteiger partial charge in [0.15, 0.2) is 0 Å². The van der Waals surface area contributed by atoms with Crippen LogP contribution in [0.3, 0.4) is 0 Å². The van der Waals surface area contributed by atoms with Gasteiger partial charge in [-0.2, -0.15) is 0 Å². The number of carbonyl (C=O) groups is 2. The summed E-state index contributed by atoms with van der Waals surface area (Å²) in [5.41, 5.74) is 6.04. The van der Waals surface area contributed by atoms with Crippen molar-refractivity contribution in [2.45, 2.75) is 0 Å². The molecule has 2 rings (SSSR count). The van der Waals surface area contributed by atoms with Crippen molar-refractivity contribution in [1.82, 2.24) is 14.8 Å². The molecule has 7 nitrogen and oxygen atoms in total. The molecular formula is C12H16N4O3. The number of nitrogens with two attached hydrogens (primary N) is 1. The van der Waals surface area contributed by atoms with Crippen molar-refractivity contribution >= 4 is 17.6 Å². The Balaban J connectivity index is 1.98. The van der Waals surface area contributed by atoms with E-state index in [4.69, 9.17) is 10.8 Å². The van der Waals surface area contributed by atoms with Crippen LogP contribution in [0.4, 0.5) is 5.82 Å². The van der Waals surface area contributed by atoms with Gasteiger partial charge in [-0.1, -0.05) is 0 Å². The molecule has 3 N–H and O–H groups in total. The summed E-state index contributed by atoms with van der Waals surface area (Å²) in [5, 5.41) is 8.78. The monoisotopic (exact) mass is 264 g/mol. The Morgan fingerprint density at radius 3 is 2.47 bits per heavy atom. The van der Waals surface area contributed by atoms with E-state index in [1.165, 1.54) is 12.3 Å². The predicted molar refractivity (Wildman–Crippen MR) is 68.2 cm³/mol. The van der Waals surface area contributed by atoms with Gasteiger partial charge in [-0.3, -0.25) is 9.59 Å². The quantitative estimate of drug-likeness (QED) is 0.709. The molecule has 0 aliphatic carbocycles. The Bertz CT molecular complexity index is 484. The first-order valence-corrected chi connectivity index (χ1v) is 6.01. The first-order valence-electron chi connectivity index (χ1n) is 6.01. The van der Waals surface area contributed by atoms with Crippen LogP contribution in [0.25, 0.3) is 0 Å². The van der Waals surface area contributed by atoms with E-state index in [0.29, 0.717) is 37.6 Å². The van der Waals surface area contributed by atoms with E-state index in [2.05, 4.69) is 4.98 Å². The molecule has 1 aliphatic rings. The number of hydrogen-bond donors (Lipinski definition) is 2. The lowest BCUT2D eigenvalue weighted by molar-refractivity contribution is -0.135. The van der Waals surface area contributed by atoms with Gasteiger partial charge in [0, 0.05) is 37.9 Å². The van der Waals surface area contributed by atoms with Crippen molar-refractivity contribution in [2.75, 3.05) is 38.5 Å². The van der Waals surface area contributed by atoms with Gasteiger partial charge in [-0.25, -0.2) is 4.98 Å². The lowest BCUT2D eigenvalue weighted by atomic mass is 10.2. The van der Waals surface area contributed by atoms with Crippen molar-refractivity contribution in [3.05, 3.63) is 23.9 Å². The van der Waals surface area contributed by atoms with Crippen LogP contribution in [-0.2, 0) is 4.79 Å². The zero-order valence-electron chi connectivity index (χ0n) is 10.5. The van der Waals surface area contributed by atoms with Crippen LogP contribution < -0.4 is 5.73 Å². The highest BCUT2D eigenvalue weighted by Gasteiger charge is 2.24. The molecule has 1 aromatic rings. The minimum absolute atomic E-state index is 0.120. The lowest BCUT2D eigenvalue weighted by Crippen LogP contribution is -2.51. The third kappa shape index (κ3) is 3.00. The average molecular weight is 264 g/mol. The van der Waals surface area contributed by atoms with Gasteiger partial charge in [0.1, 0.15) is 12.4 Å². The van der Waals surface area contributed by atoms with Crippen molar-refractivity contribution in [1.29, 1.82) is 0 Å². The van der Waals surface area contributed by atoms with Gasteiger partial charge in [0.25, 0.3) is 5.91 Å². The molecule has 2 heterocycles. The maximum atomic E-state index is 12.2. The van der Waals surface area contributed by atoms with E-state index < -0.39 is 6.61 Å². The lowest BCUT2D eigenvalue weighted by Gasteiger charge is -2.34. The number of aromatic nitrogens is 1. The van der Waals surface area contributed by atoms with Gasteiger partial charge in [0.05, 0.1) is 0 Å². The van der Waals surface area contributed by atoms with Gasteiger partial charge in [-0.15, -0.1) is 0 Å². The van der Waals surface area contributed by atoms with E-state index in [-0.39, 0.29) is 11.8 Å². The number of hydrogen-bond acceptors (Lipinski definition) is 5. The van der Waals surface area contributed by atoms with Crippen molar-refractivity contribution < 1.29 is 14.7 Å². The molecule has 0 aromatic carbocycles. The highest BCUT2D eigenvalue weighted by atomic mass is 16.3. The highest BCUT2D eigenvalue weighted by molar-refractivity contribution is 5.95. The number of nitrogen functional groups attached to an aromatic ring is 1. The Morgan fingerprint density at radius 1 is 1.26 bits per heavy atom. The number of pyridine rings is 1. The largest absolute Gasteiger partial charge is 0.387 e. The summed E-state index contributed by atoms with van der Waals surface area (Å²) in [6, 6.07) is 3.15. The third-order valence-corrected chi connectivity index (χ3v) is 3.08. The summed E-state index contributed by atoms with van der Waals surface area (Å²) in [5.74, 6) is -0.120. The smallest absolute Gasteiger partial charge is 0.254 e. The molecule has 0 radical (unpaired) electrons. The van der Waals surface area contributed by atoms with Crippen molar-refractivity contribution in [3.8, 4) is 0 Å². The number of aliphatic hydroxyl groups excluding tert-OH is 1. The average Bonchev–Trinajstić information content (AvgIpc) is 2.46. The molecule has 0 unspecified atom stereocenters. The summed E-state index contributed by atoms with van der Waals surface area (Å²) in [7, 11) is 0. The number of nitrogens with zero attached hydrogens (tertiary/aromatic N) is 3.